The second-order valence-electron chi connectivity index (χ2n) is 6.98. The number of halogens is 3. The second kappa shape index (κ2) is 7.51. The SMILES string of the molecule is CCNc1nc(N)nc(C)c1CCC(C)(C)c1ccc(C(F)(F)F)cc1. The highest BCUT2D eigenvalue weighted by atomic mass is 19.4. The number of hydrogen-bond acceptors (Lipinski definition) is 4. The van der Waals surface area contributed by atoms with Crippen LogP contribution in [-0.4, -0.2) is 16.5 Å². The molecule has 0 atom stereocenters. The molecular formula is C19H25F3N4. The Hall–Kier alpha value is -2.31. The van der Waals surface area contributed by atoms with E-state index in [1.54, 1.807) is 12.1 Å². The van der Waals surface area contributed by atoms with E-state index in [1.807, 2.05) is 27.7 Å². The third-order valence-corrected chi connectivity index (χ3v) is 4.57. The van der Waals surface area contributed by atoms with Crippen molar-refractivity contribution in [3.8, 4) is 0 Å². The molecule has 2 aromatic rings. The summed E-state index contributed by atoms with van der Waals surface area (Å²) in [5, 5.41) is 3.20. The van der Waals surface area contributed by atoms with E-state index in [0.29, 0.717) is 13.0 Å². The Kier molecular flexibility index (Phi) is 5.78. The van der Waals surface area contributed by atoms with Gasteiger partial charge in [0.05, 0.1) is 5.56 Å². The molecule has 0 amide bonds. The predicted molar refractivity (Wildman–Crippen MR) is 98.1 cm³/mol. The summed E-state index contributed by atoms with van der Waals surface area (Å²) in [5.74, 6) is 0.949. The number of nitrogen functional groups attached to an aromatic ring is 1. The molecule has 142 valence electrons. The second-order valence-corrected chi connectivity index (χ2v) is 6.98. The van der Waals surface area contributed by atoms with Crippen LogP contribution in [0.3, 0.4) is 0 Å². The fraction of sp³-hybridized carbons (Fsp3) is 0.474. The van der Waals surface area contributed by atoms with E-state index in [4.69, 9.17) is 5.73 Å². The van der Waals surface area contributed by atoms with Gasteiger partial charge in [0.1, 0.15) is 5.82 Å². The van der Waals surface area contributed by atoms with Crippen molar-refractivity contribution in [2.24, 2.45) is 0 Å². The summed E-state index contributed by atoms with van der Waals surface area (Å²) >= 11 is 0. The largest absolute Gasteiger partial charge is 0.416 e. The van der Waals surface area contributed by atoms with Crippen molar-refractivity contribution in [2.45, 2.75) is 52.1 Å². The van der Waals surface area contributed by atoms with Gasteiger partial charge in [-0.05, 0) is 49.8 Å². The van der Waals surface area contributed by atoms with Crippen molar-refractivity contribution in [3.63, 3.8) is 0 Å². The molecule has 0 aliphatic rings. The van der Waals surface area contributed by atoms with Crippen LogP contribution >= 0.6 is 0 Å². The summed E-state index contributed by atoms with van der Waals surface area (Å²) in [6, 6.07) is 5.39. The number of alkyl halides is 3. The van der Waals surface area contributed by atoms with E-state index < -0.39 is 11.7 Å². The van der Waals surface area contributed by atoms with E-state index >= 15 is 0 Å². The van der Waals surface area contributed by atoms with Crippen molar-refractivity contribution < 1.29 is 13.2 Å². The Morgan fingerprint density at radius 3 is 2.15 bits per heavy atom. The Morgan fingerprint density at radius 1 is 1.04 bits per heavy atom. The summed E-state index contributed by atoms with van der Waals surface area (Å²) < 4.78 is 38.2. The van der Waals surface area contributed by atoms with E-state index in [2.05, 4.69) is 15.3 Å². The van der Waals surface area contributed by atoms with Crippen molar-refractivity contribution in [1.82, 2.24) is 9.97 Å². The Morgan fingerprint density at radius 2 is 1.62 bits per heavy atom. The Balaban J connectivity index is 2.20. The lowest BCUT2D eigenvalue weighted by molar-refractivity contribution is -0.137. The van der Waals surface area contributed by atoms with Gasteiger partial charge in [-0.3, -0.25) is 0 Å². The normalized spacial score (nSPS) is 12.3. The number of aryl methyl sites for hydroxylation is 1. The van der Waals surface area contributed by atoms with E-state index in [9.17, 15) is 13.2 Å². The molecule has 7 heteroatoms. The molecule has 0 aliphatic carbocycles. The van der Waals surface area contributed by atoms with Gasteiger partial charge in [0, 0.05) is 17.8 Å². The van der Waals surface area contributed by atoms with Crippen molar-refractivity contribution in [1.29, 1.82) is 0 Å². The maximum Gasteiger partial charge on any atom is 0.416 e. The van der Waals surface area contributed by atoms with Gasteiger partial charge in [-0.2, -0.15) is 18.2 Å². The van der Waals surface area contributed by atoms with Gasteiger partial charge >= 0.3 is 6.18 Å². The van der Waals surface area contributed by atoms with Crippen LogP contribution in [0.5, 0.6) is 0 Å². The molecule has 0 fully saturated rings. The van der Waals surface area contributed by atoms with Crippen LogP contribution in [0.1, 0.15) is 49.6 Å². The van der Waals surface area contributed by atoms with E-state index in [-0.39, 0.29) is 11.4 Å². The molecule has 1 aromatic heterocycles. The van der Waals surface area contributed by atoms with Gasteiger partial charge in [-0.25, -0.2) is 4.98 Å². The third-order valence-electron chi connectivity index (χ3n) is 4.57. The molecule has 4 nitrogen and oxygen atoms in total. The van der Waals surface area contributed by atoms with Crippen LogP contribution in [0, 0.1) is 6.92 Å². The van der Waals surface area contributed by atoms with E-state index in [0.717, 1.165) is 41.2 Å². The van der Waals surface area contributed by atoms with Crippen molar-refractivity contribution >= 4 is 11.8 Å². The lowest BCUT2D eigenvalue weighted by Gasteiger charge is -2.26. The highest BCUT2D eigenvalue weighted by Gasteiger charge is 2.31. The number of rotatable bonds is 6. The lowest BCUT2D eigenvalue weighted by Crippen LogP contribution is -2.20. The highest BCUT2D eigenvalue weighted by molar-refractivity contribution is 5.49. The maximum absolute atomic E-state index is 12.7. The molecule has 1 aromatic carbocycles. The molecular weight excluding hydrogens is 341 g/mol. The fourth-order valence-electron chi connectivity index (χ4n) is 2.92. The first kappa shape index (κ1) is 20.0. The summed E-state index contributed by atoms with van der Waals surface area (Å²) in [4.78, 5) is 8.50. The summed E-state index contributed by atoms with van der Waals surface area (Å²) in [5.41, 5.74) is 7.47. The zero-order chi connectivity index (χ0) is 19.5. The first-order valence-corrected chi connectivity index (χ1v) is 8.59. The zero-order valence-corrected chi connectivity index (χ0v) is 15.5. The first-order chi connectivity index (χ1) is 12.0. The molecule has 2 rings (SSSR count). The minimum absolute atomic E-state index is 0.226. The number of aromatic nitrogens is 2. The number of anilines is 2. The monoisotopic (exact) mass is 366 g/mol. The summed E-state index contributed by atoms with van der Waals surface area (Å²) in [6.07, 6.45) is -2.88. The highest BCUT2D eigenvalue weighted by Crippen LogP contribution is 2.34. The van der Waals surface area contributed by atoms with Crippen molar-refractivity contribution in [2.75, 3.05) is 17.6 Å². The summed E-state index contributed by atoms with van der Waals surface area (Å²) in [7, 11) is 0. The standard InChI is InChI=1S/C19H25F3N4/c1-5-24-16-15(12(2)25-17(23)26-16)10-11-18(3,4)13-6-8-14(9-7-13)19(20,21)22/h6-9H,5,10-11H2,1-4H3,(H3,23,24,25,26). The molecule has 1 heterocycles. The Bertz CT molecular complexity index is 753. The van der Waals surface area contributed by atoms with Crippen LogP contribution < -0.4 is 11.1 Å². The molecule has 0 radical (unpaired) electrons. The van der Waals surface area contributed by atoms with Gasteiger partial charge in [-0.15, -0.1) is 0 Å². The van der Waals surface area contributed by atoms with Crippen LogP contribution in [-0.2, 0) is 18.0 Å². The quantitative estimate of drug-likeness (QED) is 0.776. The van der Waals surface area contributed by atoms with Gasteiger partial charge in [0.15, 0.2) is 0 Å². The number of hydrogen-bond donors (Lipinski definition) is 2. The third kappa shape index (κ3) is 4.65. The predicted octanol–water partition coefficient (Wildman–Crippen LogP) is 4.73. The van der Waals surface area contributed by atoms with Crippen LogP contribution in [0.15, 0.2) is 24.3 Å². The Labute approximate surface area is 152 Å². The van der Waals surface area contributed by atoms with Crippen LogP contribution in [0.4, 0.5) is 24.9 Å². The number of nitrogens with one attached hydrogen (secondary N) is 1. The average molecular weight is 366 g/mol. The van der Waals surface area contributed by atoms with Gasteiger partial charge in [-0.1, -0.05) is 26.0 Å². The smallest absolute Gasteiger partial charge is 0.370 e. The number of nitrogens with two attached hydrogens (primary N) is 1. The number of nitrogens with zero attached hydrogens (tertiary/aromatic N) is 2. The minimum Gasteiger partial charge on any atom is -0.370 e. The zero-order valence-electron chi connectivity index (χ0n) is 15.5. The lowest BCUT2D eigenvalue weighted by atomic mass is 9.79. The molecule has 0 bridgehead atoms. The molecule has 0 aliphatic heterocycles. The molecule has 0 spiro atoms. The first-order valence-electron chi connectivity index (χ1n) is 8.59. The number of benzene rings is 1. The maximum atomic E-state index is 12.7. The molecule has 26 heavy (non-hydrogen) atoms. The van der Waals surface area contributed by atoms with E-state index in [1.165, 1.54) is 0 Å². The molecule has 0 unspecified atom stereocenters. The topological polar surface area (TPSA) is 63.8 Å². The fourth-order valence-corrected chi connectivity index (χ4v) is 2.92. The van der Waals surface area contributed by atoms with Crippen LogP contribution in [0.25, 0.3) is 0 Å². The minimum atomic E-state index is -4.32. The van der Waals surface area contributed by atoms with Gasteiger partial charge in [0.25, 0.3) is 0 Å². The summed E-state index contributed by atoms with van der Waals surface area (Å²) in [6.45, 7) is 8.63. The molecule has 0 saturated carbocycles. The van der Waals surface area contributed by atoms with Gasteiger partial charge in [0.2, 0.25) is 5.95 Å². The van der Waals surface area contributed by atoms with Gasteiger partial charge < -0.3 is 11.1 Å². The molecule has 3 N–H and O–H groups in total. The average Bonchev–Trinajstić information content (AvgIpc) is 2.53. The molecule has 0 saturated heterocycles. The van der Waals surface area contributed by atoms with Crippen molar-refractivity contribution in [3.05, 3.63) is 46.6 Å². The van der Waals surface area contributed by atoms with Crippen LogP contribution in [0.2, 0.25) is 0 Å².